The highest BCUT2D eigenvalue weighted by Crippen LogP contribution is 2.36. The van der Waals surface area contributed by atoms with E-state index in [0.29, 0.717) is 34.3 Å². The van der Waals surface area contributed by atoms with Gasteiger partial charge in [0.15, 0.2) is 0 Å². The number of carbonyl (C=O) groups excluding carboxylic acids is 1. The molecule has 36 heavy (non-hydrogen) atoms. The normalized spacial score (nSPS) is 12.1. The summed E-state index contributed by atoms with van der Waals surface area (Å²) in [5.74, 6) is 5.16. The lowest BCUT2D eigenvalue weighted by molar-refractivity contribution is -0.137. The van der Waals surface area contributed by atoms with Crippen LogP contribution in [0.1, 0.15) is 57.4 Å². The predicted molar refractivity (Wildman–Crippen MR) is 132 cm³/mol. The van der Waals surface area contributed by atoms with E-state index in [-0.39, 0.29) is 29.8 Å². The summed E-state index contributed by atoms with van der Waals surface area (Å²) < 4.78 is 39.2. The van der Waals surface area contributed by atoms with Gasteiger partial charge in [-0.1, -0.05) is 29.1 Å². The van der Waals surface area contributed by atoms with Gasteiger partial charge in [0.1, 0.15) is 21.9 Å². The number of unbranched alkanes of at least 4 members (excludes halogenated alkanes) is 1. The molecule has 0 aliphatic rings. The number of aromatic nitrogens is 3. The third-order valence-corrected chi connectivity index (χ3v) is 6.66. The van der Waals surface area contributed by atoms with Crippen LogP contribution in [0, 0.1) is 11.8 Å². The fraction of sp³-hybridized carbons (Fsp3) is 0.304. The summed E-state index contributed by atoms with van der Waals surface area (Å²) >= 11 is 13.1. The molecule has 2 aromatic heterocycles. The number of anilines is 1. The van der Waals surface area contributed by atoms with Crippen LogP contribution in [0.15, 0.2) is 30.7 Å². The van der Waals surface area contributed by atoms with E-state index in [1.165, 1.54) is 18.6 Å². The summed E-state index contributed by atoms with van der Waals surface area (Å²) in [7, 11) is 0. The minimum absolute atomic E-state index is 0.0356. The Morgan fingerprint density at radius 1 is 1.25 bits per heavy atom. The average molecular weight is 558 g/mol. The number of benzene rings is 1. The van der Waals surface area contributed by atoms with Gasteiger partial charge in [0.25, 0.3) is 5.91 Å². The molecule has 0 bridgehead atoms. The monoisotopic (exact) mass is 557 g/mol. The molecule has 0 fully saturated rings. The molecule has 3 N–H and O–H groups in total. The van der Waals surface area contributed by atoms with Crippen molar-refractivity contribution in [2.75, 3.05) is 11.9 Å². The number of nitrogens with zero attached hydrogens (tertiary/aromatic N) is 3. The van der Waals surface area contributed by atoms with Gasteiger partial charge in [0.2, 0.25) is 0 Å². The molecule has 3 aromatic rings. The number of halogens is 5. The molecule has 190 valence electrons. The van der Waals surface area contributed by atoms with Crippen LogP contribution in [-0.4, -0.2) is 32.6 Å². The lowest BCUT2D eigenvalue weighted by Crippen LogP contribution is -2.19. The Balaban J connectivity index is 1.63. The summed E-state index contributed by atoms with van der Waals surface area (Å²) in [5.41, 5.74) is -0.153. The van der Waals surface area contributed by atoms with Gasteiger partial charge in [-0.3, -0.25) is 4.79 Å². The molecule has 0 spiro atoms. The van der Waals surface area contributed by atoms with Gasteiger partial charge in [-0.05, 0) is 37.5 Å². The highest BCUT2D eigenvalue weighted by atomic mass is 35.5. The SMILES string of the molecule is C[C@H](NCc1ncnc(C#CCCCO)c1Cl)c1ncc(C(=O)Nc2ccc(Cl)c(C(F)(F)F)c2)s1. The van der Waals surface area contributed by atoms with Crippen molar-refractivity contribution in [3.8, 4) is 11.8 Å². The second kappa shape index (κ2) is 12.5. The van der Waals surface area contributed by atoms with Crippen molar-refractivity contribution in [2.24, 2.45) is 0 Å². The van der Waals surface area contributed by atoms with Gasteiger partial charge in [0.05, 0.1) is 33.5 Å². The lowest BCUT2D eigenvalue weighted by Gasteiger charge is -2.12. The molecule has 0 radical (unpaired) electrons. The van der Waals surface area contributed by atoms with Crippen LogP contribution in [0.3, 0.4) is 0 Å². The molecule has 0 unspecified atom stereocenters. The molecular weight excluding hydrogens is 538 g/mol. The smallest absolute Gasteiger partial charge is 0.396 e. The van der Waals surface area contributed by atoms with E-state index < -0.39 is 22.7 Å². The number of amides is 1. The summed E-state index contributed by atoms with van der Waals surface area (Å²) in [6, 6.07) is 2.87. The third-order valence-electron chi connectivity index (χ3n) is 4.75. The van der Waals surface area contributed by atoms with Crippen LogP contribution in [0.25, 0.3) is 0 Å². The van der Waals surface area contributed by atoms with Crippen molar-refractivity contribution in [1.82, 2.24) is 20.3 Å². The highest BCUT2D eigenvalue weighted by Gasteiger charge is 2.33. The number of nitrogens with one attached hydrogen (secondary N) is 2. The van der Waals surface area contributed by atoms with Gasteiger partial charge < -0.3 is 15.7 Å². The predicted octanol–water partition coefficient (Wildman–Crippen LogP) is 5.49. The molecule has 1 atom stereocenters. The topological polar surface area (TPSA) is 100 Å². The van der Waals surface area contributed by atoms with Crippen LogP contribution in [0.4, 0.5) is 18.9 Å². The minimum Gasteiger partial charge on any atom is -0.396 e. The second-order valence-corrected chi connectivity index (χ2v) is 9.27. The molecule has 3 rings (SSSR count). The molecule has 1 aromatic carbocycles. The first-order valence-electron chi connectivity index (χ1n) is 10.6. The number of alkyl halides is 3. The summed E-state index contributed by atoms with van der Waals surface area (Å²) in [6.07, 6.45) is -0.856. The number of aliphatic hydroxyl groups is 1. The van der Waals surface area contributed by atoms with Crippen molar-refractivity contribution in [3.63, 3.8) is 0 Å². The molecule has 7 nitrogen and oxygen atoms in total. The van der Waals surface area contributed by atoms with Gasteiger partial charge in [0, 0.05) is 25.3 Å². The van der Waals surface area contributed by atoms with E-state index in [9.17, 15) is 18.0 Å². The quantitative estimate of drug-likeness (QED) is 0.250. The van der Waals surface area contributed by atoms with Crippen LogP contribution in [-0.2, 0) is 12.7 Å². The van der Waals surface area contributed by atoms with Gasteiger partial charge in [-0.2, -0.15) is 13.2 Å². The van der Waals surface area contributed by atoms with Crippen molar-refractivity contribution in [1.29, 1.82) is 0 Å². The maximum atomic E-state index is 13.1. The highest BCUT2D eigenvalue weighted by molar-refractivity contribution is 7.13. The minimum atomic E-state index is -4.64. The van der Waals surface area contributed by atoms with Gasteiger partial charge >= 0.3 is 6.18 Å². The van der Waals surface area contributed by atoms with Crippen LogP contribution in [0.5, 0.6) is 0 Å². The van der Waals surface area contributed by atoms with Crippen LogP contribution >= 0.6 is 34.5 Å². The molecule has 0 saturated heterocycles. The fourth-order valence-corrected chi connectivity index (χ4v) is 4.15. The Bertz CT molecular complexity index is 1290. The first-order valence-corrected chi connectivity index (χ1v) is 12.1. The standard InChI is InChI=1S/C23H20Cl2F3N5O2S/c1-13(29-10-18-20(25)17(31-12-32-18)5-3-2-4-8-34)22-30-11-19(36-22)21(35)33-14-6-7-16(24)15(9-14)23(26,27)28/h6-7,9,11-13,29,34H,2,4,8,10H2,1H3,(H,33,35)/t13-/m0/s1. The maximum Gasteiger partial charge on any atom is 0.417 e. The first-order chi connectivity index (χ1) is 17.1. The number of carbonyl (C=O) groups is 1. The molecule has 1 amide bonds. The average Bonchev–Trinajstić information content (AvgIpc) is 3.33. The molecule has 0 aliphatic heterocycles. The van der Waals surface area contributed by atoms with E-state index in [0.717, 1.165) is 23.5 Å². The zero-order valence-electron chi connectivity index (χ0n) is 18.8. The van der Waals surface area contributed by atoms with Crippen molar-refractivity contribution in [2.45, 2.75) is 38.5 Å². The lowest BCUT2D eigenvalue weighted by atomic mass is 10.2. The van der Waals surface area contributed by atoms with E-state index in [4.69, 9.17) is 28.3 Å². The number of hydrogen-bond acceptors (Lipinski definition) is 7. The fourth-order valence-electron chi connectivity index (χ4n) is 2.87. The van der Waals surface area contributed by atoms with E-state index in [1.54, 1.807) is 0 Å². The summed E-state index contributed by atoms with van der Waals surface area (Å²) in [5, 5.41) is 14.9. The Morgan fingerprint density at radius 3 is 2.75 bits per heavy atom. The summed E-state index contributed by atoms with van der Waals surface area (Å²) in [4.78, 5) is 25.3. The van der Waals surface area contributed by atoms with Crippen LogP contribution < -0.4 is 10.6 Å². The number of thiazole rings is 1. The molecule has 0 saturated carbocycles. The third kappa shape index (κ3) is 7.38. The Labute approximate surface area is 219 Å². The number of hydrogen-bond donors (Lipinski definition) is 3. The number of aliphatic hydroxyl groups excluding tert-OH is 1. The van der Waals surface area contributed by atoms with E-state index >= 15 is 0 Å². The van der Waals surface area contributed by atoms with E-state index in [1.807, 2.05) is 6.92 Å². The van der Waals surface area contributed by atoms with Gasteiger partial charge in [-0.25, -0.2) is 15.0 Å². The zero-order chi connectivity index (χ0) is 26.3. The van der Waals surface area contributed by atoms with E-state index in [2.05, 4.69) is 37.4 Å². The molecule has 13 heteroatoms. The number of rotatable bonds is 8. The first kappa shape index (κ1) is 27.8. The molecule has 2 heterocycles. The van der Waals surface area contributed by atoms with Gasteiger partial charge in [-0.15, -0.1) is 11.3 Å². The molecule has 0 aliphatic carbocycles. The summed E-state index contributed by atoms with van der Waals surface area (Å²) in [6.45, 7) is 2.17. The van der Waals surface area contributed by atoms with Crippen LogP contribution in [0.2, 0.25) is 10.0 Å². The van der Waals surface area contributed by atoms with Crippen molar-refractivity contribution in [3.05, 3.63) is 67.6 Å². The second-order valence-electron chi connectivity index (χ2n) is 7.42. The largest absolute Gasteiger partial charge is 0.417 e. The zero-order valence-corrected chi connectivity index (χ0v) is 21.1. The Morgan fingerprint density at radius 2 is 2.03 bits per heavy atom. The van der Waals surface area contributed by atoms with Crippen molar-refractivity contribution < 1.29 is 23.1 Å². The Kier molecular flexibility index (Phi) is 9.64. The Hall–Kier alpha value is -2.75. The molecular formula is C23H20Cl2F3N5O2S. The maximum absolute atomic E-state index is 13.1. The van der Waals surface area contributed by atoms with Crippen molar-refractivity contribution >= 4 is 46.1 Å².